The van der Waals surface area contributed by atoms with Gasteiger partial charge in [0.1, 0.15) is 0 Å². The quantitative estimate of drug-likeness (QED) is 0.536. The monoisotopic (exact) mass is 257 g/mol. The summed E-state index contributed by atoms with van der Waals surface area (Å²) < 4.78 is 0. The standard InChI is InChI=1S/2C5H11O.ClH.Ti/c2*1-5(2)3-4-6;;/h2*5H,3-4H2,1-2H3;1H;/q2*-1;;+3/p-1. The van der Waals surface area contributed by atoms with E-state index in [-0.39, 0.29) is 47.3 Å². The average molecular weight is 258 g/mol. The first-order valence-electron chi connectivity index (χ1n) is 4.70. The van der Waals surface area contributed by atoms with Crippen molar-refractivity contribution in [3.63, 3.8) is 0 Å². The molecule has 0 amide bonds. The predicted molar refractivity (Wildman–Crippen MR) is 48.6 cm³/mol. The maximum atomic E-state index is 9.74. The molecule has 0 fully saturated rings. The maximum absolute atomic E-state index is 9.74. The van der Waals surface area contributed by atoms with E-state index in [0.29, 0.717) is 11.8 Å². The van der Waals surface area contributed by atoms with Gasteiger partial charge in [0.15, 0.2) is 0 Å². The molecule has 0 aliphatic carbocycles. The fourth-order valence-corrected chi connectivity index (χ4v) is 0.471. The molecule has 0 atom stereocenters. The Morgan fingerprint density at radius 3 is 1.00 bits per heavy atom. The topological polar surface area (TPSA) is 46.1 Å². The van der Waals surface area contributed by atoms with Gasteiger partial charge in [0.25, 0.3) is 0 Å². The molecule has 0 spiro atoms. The van der Waals surface area contributed by atoms with E-state index in [2.05, 4.69) is 27.7 Å². The fraction of sp³-hybridized carbons (Fsp3) is 1.00. The Bertz CT molecular complexity index is 70.5. The van der Waals surface area contributed by atoms with Crippen LogP contribution in [-0.4, -0.2) is 13.2 Å². The van der Waals surface area contributed by atoms with Crippen LogP contribution in [0.25, 0.3) is 0 Å². The third kappa shape index (κ3) is 38.3. The molecule has 0 aromatic carbocycles. The fourth-order valence-electron chi connectivity index (χ4n) is 0.471. The molecule has 0 N–H and O–H groups in total. The van der Waals surface area contributed by atoms with Crippen LogP contribution >= 0.6 is 0 Å². The Balaban J connectivity index is -0.0000000625. The van der Waals surface area contributed by atoms with Crippen LogP contribution in [0.3, 0.4) is 0 Å². The summed E-state index contributed by atoms with van der Waals surface area (Å²) in [5, 5.41) is 19.5. The van der Waals surface area contributed by atoms with Crippen molar-refractivity contribution in [1.82, 2.24) is 0 Å². The van der Waals surface area contributed by atoms with Crippen molar-refractivity contribution in [1.29, 1.82) is 0 Å². The molecule has 0 saturated heterocycles. The molecule has 0 aromatic rings. The van der Waals surface area contributed by atoms with Crippen LogP contribution in [0, 0.1) is 11.8 Å². The summed E-state index contributed by atoms with van der Waals surface area (Å²) in [6.07, 6.45) is 1.64. The molecular formula is C10H22ClO2Ti. The Labute approximate surface area is 110 Å². The van der Waals surface area contributed by atoms with Crippen molar-refractivity contribution in [3.05, 3.63) is 0 Å². The van der Waals surface area contributed by atoms with Crippen LogP contribution in [0.2, 0.25) is 0 Å². The summed E-state index contributed by atoms with van der Waals surface area (Å²) in [7, 11) is 0. The Hall–Kier alpha value is 0.924. The third-order valence-corrected chi connectivity index (χ3v) is 1.39. The molecule has 4 heteroatoms. The summed E-state index contributed by atoms with van der Waals surface area (Å²) in [4.78, 5) is 0. The Morgan fingerprint density at radius 2 is 1.00 bits per heavy atom. The first-order valence-corrected chi connectivity index (χ1v) is 4.70. The minimum atomic E-state index is 0. The largest absolute Gasteiger partial charge is 3.00 e. The van der Waals surface area contributed by atoms with Gasteiger partial charge in [-0.05, 0) is 11.8 Å². The molecule has 0 unspecified atom stereocenters. The van der Waals surface area contributed by atoms with E-state index in [1.807, 2.05) is 0 Å². The zero-order valence-electron chi connectivity index (χ0n) is 9.68. The molecule has 0 aliphatic rings. The van der Waals surface area contributed by atoms with Gasteiger partial charge < -0.3 is 22.6 Å². The number of hydrogen-bond acceptors (Lipinski definition) is 2. The second-order valence-corrected chi connectivity index (χ2v) is 3.77. The van der Waals surface area contributed by atoms with Crippen molar-refractivity contribution in [2.75, 3.05) is 13.2 Å². The third-order valence-electron chi connectivity index (χ3n) is 1.39. The van der Waals surface area contributed by atoms with E-state index in [1.54, 1.807) is 0 Å². The summed E-state index contributed by atoms with van der Waals surface area (Å²) in [5.74, 6) is 1.17. The average Bonchev–Trinajstić information content (AvgIpc) is 1.87. The van der Waals surface area contributed by atoms with Gasteiger partial charge in [-0.15, -0.1) is 13.2 Å². The molecule has 0 aromatic heterocycles. The van der Waals surface area contributed by atoms with Crippen LogP contribution in [0.1, 0.15) is 40.5 Å². The van der Waals surface area contributed by atoms with E-state index in [1.165, 1.54) is 0 Å². The molecule has 0 rings (SSSR count). The number of rotatable bonds is 4. The molecule has 1 radical (unpaired) electrons. The summed E-state index contributed by atoms with van der Waals surface area (Å²) >= 11 is 0. The Morgan fingerprint density at radius 1 is 0.786 bits per heavy atom. The number of hydrogen-bond donors (Lipinski definition) is 0. The zero-order valence-corrected chi connectivity index (χ0v) is 12.0. The van der Waals surface area contributed by atoms with Crippen molar-refractivity contribution in [2.24, 2.45) is 11.8 Å². The Kier molecular flexibility index (Phi) is 33.8. The SMILES string of the molecule is CC(C)CC[O-].CC(C)CC[O-].[Cl-].[Ti+3]. The van der Waals surface area contributed by atoms with Crippen molar-refractivity contribution >= 4 is 0 Å². The van der Waals surface area contributed by atoms with Gasteiger partial charge in [-0.2, -0.15) is 0 Å². The number of halogens is 1. The zero-order chi connectivity index (χ0) is 9.98. The first kappa shape index (κ1) is 24.2. The van der Waals surface area contributed by atoms with E-state index >= 15 is 0 Å². The molecule has 0 bridgehead atoms. The molecule has 14 heavy (non-hydrogen) atoms. The molecule has 85 valence electrons. The van der Waals surface area contributed by atoms with Crippen LogP contribution in [-0.2, 0) is 21.7 Å². The van der Waals surface area contributed by atoms with Crippen LogP contribution in [0.15, 0.2) is 0 Å². The minimum absolute atomic E-state index is 0. The van der Waals surface area contributed by atoms with E-state index < -0.39 is 0 Å². The summed E-state index contributed by atoms with van der Waals surface area (Å²) in [5.41, 5.74) is 0. The van der Waals surface area contributed by atoms with Gasteiger partial charge in [0.2, 0.25) is 0 Å². The van der Waals surface area contributed by atoms with Gasteiger partial charge in [-0.25, -0.2) is 0 Å². The molecular weight excluding hydrogens is 235 g/mol. The van der Waals surface area contributed by atoms with E-state index in [4.69, 9.17) is 0 Å². The van der Waals surface area contributed by atoms with Gasteiger partial charge in [-0.1, -0.05) is 40.5 Å². The minimum Gasteiger partial charge on any atom is -1.00 e. The molecule has 2 nitrogen and oxygen atoms in total. The normalized spacial score (nSPS) is 8.57. The molecule has 0 heterocycles. The van der Waals surface area contributed by atoms with Crippen molar-refractivity contribution in [3.8, 4) is 0 Å². The van der Waals surface area contributed by atoms with Gasteiger partial charge in [0.05, 0.1) is 0 Å². The second kappa shape index (κ2) is 19.5. The molecule has 0 aliphatic heterocycles. The second-order valence-electron chi connectivity index (χ2n) is 3.77. The van der Waals surface area contributed by atoms with Gasteiger partial charge >= 0.3 is 21.7 Å². The van der Waals surface area contributed by atoms with E-state index in [0.717, 1.165) is 12.8 Å². The smallest absolute Gasteiger partial charge is 1.00 e. The first-order chi connectivity index (χ1) is 5.54. The van der Waals surface area contributed by atoms with E-state index in [9.17, 15) is 10.2 Å². The molecule has 0 saturated carbocycles. The van der Waals surface area contributed by atoms with Crippen molar-refractivity contribution < 1.29 is 44.3 Å². The van der Waals surface area contributed by atoms with Crippen LogP contribution < -0.4 is 22.6 Å². The van der Waals surface area contributed by atoms with Gasteiger partial charge in [-0.3, -0.25) is 0 Å². The van der Waals surface area contributed by atoms with Crippen LogP contribution in [0.5, 0.6) is 0 Å². The van der Waals surface area contributed by atoms with Crippen LogP contribution in [0.4, 0.5) is 0 Å². The van der Waals surface area contributed by atoms with Gasteiger partial charge in [0, 0.05) is 0 Å². The summed E-state index contributed by atoms with van der Waals surface area (Å²) in [6.45, 7) is 8.38. The summed E-state index contributed by atoms with van der Waals surface area (Å²) in [6, 6.07) is 0. The maximum Gasteiger partial charge on any atom is 3.00 e. The predicted octanol–water partition coefficient (Wildman–Crippen LogP) is -2.21. The van der Waals surface area contributed by atoms with Crippen molar-refractivity contribution in [2.45, 2.75) is 40.5 Å².